The van der Waals surface area contributed by atoms with Gasteiger partial charge in [-0.15, -0.1) is 0 Å². The number of aromatic nitrogens is 2. The Hall–Kier alpha value is -1.05. The van der Waals surface area contributed by atoms with E-state index in [9.17, 15) is 0 Å². The highest BCUT2D eigenvalue weighted by atomic mass is 15.3. The molecule has 0 aromatic carbocycles. The summed E-state index contributed by atoms with van der Waals surface area (Å²) in [6.45, 7) is 6.46. The van der Waals surface area contributed by atoms with E-state index in [1.807, 2.05) is 11.7 Å². The Bertz CT molecular complexity index is 295. The third-order valence-corrected chi connectivity index (χ3v) is 2.05. The van der Waals surface area contributed by atoms with Crippen molar-refractivity contribution in [1.29, 1.82) is 0 Å². The first kappa shape index (κ1) is 10.0. The highest BCUT2D eigenvalue weighted by Gasteiger charge is 2.05. The first-order valence-electron chi connectivity index (χ1n) is 4.85. The normalized spacial score (nSPS) is 11.8. The molecule has 1 aromatic rings. The van der Waals surface area contributed by atoms with Gasteiger partial charge in [0.15, 0.2) is 0 Å². The van der Waals surface area contributed by atoms with E-state index in [2.05, 4.69) is 44.1 Å². The second kappa shape index (κ2) is 4.26. The topological polar surface area (TPSA) is 17.8 Å². The second-order valence-corrected chi connectivity index (χ2v) is 3.58. The van der Waals surface area contributed by atoms with E-state index >= 15 is 0 Å². The van der Waals surface area contributed by atoms with Gasteiger partial charge in [0, 0.05) is 7.05 Å². The first-order chi connectivity index (χ1) is 6.15. The van der Waals surface area contributed by atoms with E-state index in [4.69, 9.17) is 0 Å². The first-order valence-corrected chi connectivity index (χ1v) is 4.85. The fourth-order valence-corrected chi connectivity index (χ4v) is 1.18. The van der Waals surface area contributed by atoms with Crippen LogP contribution >= 0.6 is 0 Å². The molecule has 0 radical (unpaired) electrons. The quantitative estimate of drug-likeness (QED) is 0.695. The minimum Gasteiger partial charge on any atom is -0.268 e. The summed E-state index contributed by atoms with van der Waals surface area (Å²) in [5, 5.41) is 4.43. The largest absolute Gasteiger partial charge is 0.268 e. The summed E-state index contributed by atoms with van der Waals surface area (Å²) >= 11 is 0. The van der Waals surface area contributed by atoms with Gasteiger partial charge >= 0.3 is 0 Å². The van der Waals surface area contributed by atoms with Gasteiger partial charge in [0.05, 0.1) is 11.4 Å². The molecule has 0 N–H and O–H groups in total. The van der Waals surface area contributed by atoms with E-state index in [0.717, 1.165) is 6.42 Å². The van der Waals surface area contributed by atoms with Crippen molar-refractivity contribution in [1.82, 2.24) is 9.78 Å². The van der Waals surface area contributed by atoms with Crippen LogP contribution in [-0.4, -0.2) is 9.78 Å². The molecule has 72 valence electrons. The molecule has 1 rings (SSSR count). The van der Waals surface area contributed by atoms with Crippen LogP contribution in [0, 0.1) is 0 Å². The van der Waals surface area contributed by atoms with Crippen LogP contribution in [0.4, 0.5) is 0 Å². The van der Waals surface area contributed by atoms with Crippen molar-refractivity contribution in [2.45, 2.75) is 33.1 Å². The summed E-state index contributed by atoms with van der Waals surface area (Å²) in [7, 11) is 1.99. The summed E-state index contributed by atoms with van der Waals surface area (Å²) in [5.41, 5.74) is 2.35. The predicted octanol–water partition coefficient (Wildman–Crippen LogP) is 2.97. The van der Waals surface area contributed by atoms with Gasteiger partial charge in [-0.1, -0.05) is 26.8 Å². The molecule has 0 aliphatic carbocycles. The molecule has 0 saturated carbocycles. The minimum absolute atomic E-state index is 0.509. The van der Waals surface area contributed by atoms with E-state index in [1.54, 1.807) is 0 Å². The van der Waals surface area contributed by atoms with Crippen LogP contribution in [0.5, 0.6) is 0 Å². The van der Waals surface area contributed by atoms with Gasteiger partial charge in [0.1, 0.15) is 0 Å². The molecule has 1 heterocycles. The third-order valence-electron chi connectivity index (χ3n) is 2.05. The Labute approximate surface area is 80.3 Å². The van der Waals surface area contributed by atoms with Gasteiger partial charge < -0.3 is 0 Å². The van der Waals surface area contributed by atoms with E-state index < -0.39 is 0 Å². The fourth-order valence-electron chi connectivity index (χ4n) is 1.18. The number of aryl methyl sites for hydroxylation is 1. The zero-order valence-corrected chi connectivity index (χ0v) is 8.91. The number of hydrogen-bond donors (Lipinski definition) is 0. The third kappa shape index (κ3) is 2.44. The van der Waals surface area contributed by atoms with Gasteiger partial charge in [-0.2, -0.15) is 5.10 Å². The van der Waals surface area contributed by atoms with E-state index in [1.165, 1.54) is 11.4 Å². The number of hydrogen-bond acceptors (Lipinski definition) is 1. The van der Waals surface area contributed by atoms with Gasteiger partial charge in [-0.3, -0.25) is 4.68 Å². The van der Waals surface area contributed by atoms with Crippen molar-refractivity contribution in [2.75, 3.05) is 0 Å². The summed E-state index contributed by atoms with van der Waals surface area (Å²) in [4.78, 5) is 0. The molecule has 0 amide bonds. The second-order valence-electron chi connectivity index (χ2n) is 3.58. The monoisotopic (exact) mass is 178 g/mol. The molecular formula is C11H18N2. The van der Waals surface area contributed by atoms with Crippen molar-refractivity contribution in [3.05, 3.63) is 23.5 Å². The molecule has 0 bridgehead atoms. The molecule has 0 unspecified atom stereocenters. The summed E-state index contributed by atoms with van der Waals surface area (Å²) in [6.07, 6.45) is 5.35. The summed E-state index contributed by atoms with van der Waals surface area (Å²) in [6, 6.07) is 2.15. The van der Waals surface area contributed by atoms with Crippen molar-refractivity contribution in [2.24, 2.45) is 7.05 Å². The van der Waals surface area contributed by atoms with Gasteiger partial charge in [0.25, 0.3) is 0 Å². The highest BCUT2D eigenvalue weighted by Crippen LogP contribution is 2.14. The van der Waals surface area contributed by atoms with Gasteiger partial charge in [0.2, 0.25) is 0 Å². The lowest BCUT2D eigenvalue weighted by Crippen LogP contribution is -1.94. The van der Waals surface area contributed by atoms with Crippen LogP contribution in [0.3, 0.4) is 0 Å². The van der Waals surface area contributed by atoms with Crippen molar-refractivity contribution >= 4 is 6.08 Å². The number of nitrogens with zero attached hydrogens (tertiary/aromatic N) is 2. The SMILES string of the molecule is CC/C=C\c1cc(C(C)C)nn1C. The highest BCUT2D eigenvalue weighted by molar-refractivity contribution is 5.45. The van der Waals surface area contributed by atoms with E-state index in [0.29, 0.717) is 5.92 Å². The maximum Gasteiger partial charge on any atom is 0.0656 e. The molecule has 2 nitrogen and oxygen atoms in total. The summed E-state index contributed by atoms with van der Waals surface area (Å²) in [5.74, 6) is 0.509. The van der Waals surface area contributed by atoms with Crippen LogP contribution in [0.1, 0.15) is 44.5 Å². The Balaban J connectivity index is 2.90. The van der Waals surface area contributed by atoms with Crippen molar-refractivity contribution < 1.29 is 0 Å². The maximum atomic E-state index is 4.43. The molecule has 0 aliphatic rings. The smallest absolute Gasteiger partial charge is 0.0656 e. The zero-order valence-electron chi connectivity index (χ0n) is 8.91. The minimum atomic E-state index is 0.509. The Morgan fingerprint density at radius 3 is 2.69 bits per heavy atom. The lowest BCUT2D eigenvalue weighted by molar-refractivity contribution is 0.708. The van der Waals surface area contributed by atoms with E-state index in [-0.39, 0.29) is 0 Å². The maximum absolute atomic E-state index is 4.43. The molecule has 1 aromatic heterocycles. The van der Waals surface area contributed by atoms with Crippen LogP contribution < -0.4 is 0 Å². The van der Waals surface area contributed by atoms with Crippen LogP contribution in [0.15, 0.2) is 12.1 Å². The zero-order chi connectivity index (χ0) is 9.84. The molecule has 2 heteroatoms. The predicted molar refractivity (Wildman–Crippen MR) is 56.6 cm³/mol. The van der Waals surface area contributed by atoms with Crippen LogP contribution in [0.2, 0.25) is 0 Å². The lowest BCUT2D eigenvalue weighted by Gasteiger charge is -1.95. The molecule has 0 saturated heterocycles. The molecule has 13 heavy (non-hydrogen) atoms. The van der Waals surface area contributed by atoms with Crippen LogP contribution in [-0.2, 0) is 7.05 Å². The van der Waals surface area contributed by atoms with Crippen molar-refractivity contribution in [3.8, 4) is 0 Å². The Morgan fingerprint density at radius 2 is 2.23 bits per heavy atom. The fraction of sp³-hybridized carbons (Fsp3) is 0.545. The number of allylic oxidation sites excluding steroid dienone is 1. The number of rotatable bonds is 3. The molecule has 0 fully saturated rings. The molecular weight excluding hydrogens is 160 g/mol. The van der Waals surface area contributed by atoms with Gasteiger partial charge in [-0.05, 0) is 24.5 Å². The lowest BCUT2D eigenvalue weighted by atomic mass is 10.1. The molecule has 0 spiro atoms. The average molecular weight is 178 g/mol. The van der Waals surface area contributed by atoms with Crippen molar-refractivity contribution in [3.63, 3.8) is 0 Å². The summed E-state index contributed by atoms with van der Waals surface area (Å²) < 4.78 is 1.93. The molecule has 0 atom stereocenters. The Morgan fingerprint density at radius 1 is 1.54 bits per heavy atom. The van der Waals surface area contributed by atoms with Crippen LogP contribution in [0.25, 0.3) is 6.08 Å². The Kier molecular flexibility index (Phi) is 3.29. The average Bonchev–Trinajstić information content (AvgIpc) is 2.44. The molecule has 0 aliphatic heterocycles. The van der Waals surface area contributed by atoms with Gasteiger partial charge in [-0.25, -0.2) is 0 Å². The standard InChI is InChI=1S/C11H18N2/c1-5-6-7-10-8-11(9(2)3)12-13(10)4/h6-9H,5H2,1-4H3/b7-6-.